The van der Waals surface area contributed by atoms with E-state index < -0.39 is 119 Å². The molecule has 0 aliphatic carbocycles. The van der Waals surface area contributed by atoms with Gasteiger partial charge in [0.15, 0.2) is 9.84 Å². The summed E-state index contributed by atoms with van der Waals surface area (Å²) in [7, 11) is -7.11. The van der Waals surface area contributed by atoms with Crippen LogP contribution in [0.5, 0.6) is 0 Å². The molecule has 2 amide bonds. The summed E-state index contributed by atoms with van der Waals surface area (Å²) in [6, 6.07) is 4.83. The monoisotopic (exact) mass is 690 g/mol. The van der Waals surface area contributed by atoms with Gasteiger partial charge in [0.25, 0.3) is 0 Å². The third kappa shape index (κ3) is 5.57. The predicted molar refractivity (Wildman–Crippen MR) is 142 cm³/mol. The number of likely N-dealkylation sites (tertiary alicyclic amines) is 1. The second-order valence-electron chi connectivity index (χ2n) is 11.0. The summed E-state index contributed by atoms with van der Waals surface area (Å²) >= 11 is 0. The van der Waals surface area contributed by atoms with Crippen LogP contribution in [0, 0.1) is 11.2 Å². The predicted octanol–water partition coefficient (Wildman–Crippen LogP) is 3.96. The van der Waals surface area contributed by atoms with Crippen molar-refractivity contribution in [2.45, 2.75) is 46.9 Å². The summed E-state index contributed by atoms with van der Waals surface area (Å²) in [4.78, 5) is 27.3. The largest absolute Gasteiger partial charge is 0.435 e. The third-order valence-electron chi connectivity index (χ3n) is 8.50. The second kappa shape index (κ2) is 11.2. The van der Waals surface area contributed by atoms with Gasteiger partial charge in [-0.1, -0.05) is 24.3 Å². The Balaban J connectivity index is 1.84. The number of carbonyl (C=O) groups is 2. The van der Waals surface area contributed by atoms with Crippen LogP contribution in [0.15, 0.2) is 53.4 Å². The van der Waals surface area contributed by atoms with Gasteiger partial charge >= 0.3 is 18.0 Å². The number of nitrogens with zero attached hydrogens (tertiary/aromatic N) is 1. The lowest BCUT2D eigenvalue weighted by Crippen LogP contribution is -2.55. The molecule has 0 radical (unpaired) electrons. The van der Waals surface area contributed by atoms with Gasteiger partial charge in [-0.05, 0) is 49.1 Å². The molecule has 18 heteroatoms. The lowest BCUT2D eigenvalue weighted by Gasteiger charge is -2.37. The molecule has 45 heavy (non-hydrogen) atoms. The van der Waals surface area contributed by atoms with Crippen LogP contribution < -0.4 is 5.32 Å². The number of amides is 2. The van der Waals surface area contributed by atoms with Gasteiger partial charge in [-0.3, -0.25) is 9.59 Å². The number of rotatable bonds is 6. The number of hydrogen-bond donors (Lipinski definition) is 1. The highest BCUT2D eigenvalue weighted by Crippen LogP contribution is 2.54. The Morgan fingerprint density at radius 3 is 1.82 bits per heavy atom. The molecule has 2 aromatic carbocycles. The van der Waals surface area contributed by atoms with E-state index in [9.17, 15) is 61.5 Å². The normalized spacial score (nSPS) is 22.2. The van der Waals surface area contributed by atoms with E-state index in [0.29, 0.717) is 12.1 Å². The zero-order chi connectivity index (χ0) is 33.9. The van der Waals surface area contributed by atoms with Gasteiger partial charge in [-0.25, -0.2) is 25.6 Å². The molecule has 0 bridgehead atoms. The van der Waals surface area contributed by atoms with Gasteiger partial charge < -0.3 is 10.2 Å². The average Bonchev–Trinajstić information content (AvgIpc) is 3.43. The van der Waals surface area contributed by atoms with Crippen LogP contribution in [-0.2, 0) is 39.7 Å². The summed E-state index contributed by atoms with van der Waals surface area (Å²) in [5, 5.41) is 2.31. The standard InChI is InChI=1S/C27H26F8N2O6S2/c1-36-21(38)23(11-14-44(40,41)15-12-23)22(39)37-13-10-24(16-37,45(42,43)20-8-6-19(28)7-9-20)17-2-4-18(5-3-17)25(29,26(30,31)32)27(33,34)35/h2-9H,10-16H2,1H3,(H,36,38). The molecule has 4 rings (SSSR count). The molecule has 1 N–H and O–H groups in total. The minimum absolute atomic E-state index is 0.154. The minimum Gasteiger partial charge on any atom is -0.358 e. The number of halogens is 8. The van der Waals surface area contributed by atoms with Crippen LogP contribution in [0.1, 0.15) is 30.4 Å². The van der Waals surface area contributed by atoms with Gasteiger partial charge in [0, 0.05) is 25.7 Å². The zero-order valence-electron chi connectivity index (χ0n) is 23.3. The van der Waals surface area contributed by atoms with Crippen molar-refractivity contribution in [2.75, 3.05) is 31.6 Å². The van der Waals surface area contributed by atoms with E-state index in [0.717, 1.165) is 29.2 Å². The first-order chi connectivity index (χ1) is 20.6. The first-order valence-corrected chi connectivity index (χ1v) is 16.5. The van der Waals surface area contributed by atoms with Gasteiger partial charge in [0.1, 0.15) is 25.8 Å². The number of alkyl halides is 7. The lowest BCUT2D eigenvalue weighted by atomic mass is 9.79. The molecule has 248 valence electrons. The second-order valence-corrected chi connectivity index (χ2v) is 15.5. The summed E-state index contributed by atoms with van der Waals surface area (Å²) in [6.07, 6.45) is -14.2. The van der Waals surface area contributed by atoms with E-state index in [-0.39, 0.29) is 18.7 Å². The summed E-state index contributed by atoms with van der Waals surface area (Å²) in [5.41, 5.74) is -9.97. The van der Waals surface area contributed by atoms with Crippen LogP contribution >= 0.6 is 0 Å². The highest BCUT2D eigenvalue weighted by Gasteiger charge is 2.73. The van der Waals surface area contributed by atoms with Crippen molar-refractivity contribution in [3.05, 3.63) is 65.5 Å². The van der Waals surface area contributed by atoms with Crippen LogP contribution in [0.4, 0.5) is 35.1 Å². The fourth-order valence-corrected chi connectivity index (χ4v) is 9.46. The van der Waals surface area contributed by atoms with E-state index in [2.05, 4.69) is 5.32 Å². The van der Waals surface area contributed by atoms with E-state index >= 15 is 0 Å². The van der Waals surface area contributed by atoms with E-state index in [1.165, 1.54) is 7.05 Å². The fraction of sp³-hybridized carbons (Fsp3) is 0.481. The summed E-state index contributed by atoms with van der Waals surface area (Å²) in [5.74, 6) is -3.63. The first kappa shape index (κ1) is 34.6. The molecule has 2 fully saturated rings. The average molecular weight is 691 g/mol. The maximum Gasteiger partial charge on any atom is 0.435 e. The van der Waals surface area contributed by atoms with Crippen molar-refractivity contribution in [1.29, 1.82) is 0 Å². The Hall–Kier alpha value is -3.28. The van der Waals surface area contributed by atoms with Crippen molar-refractivity contribution >= 4 is 31.5 Å². The Morgan fingerprint density at radius 1 is 0.844 bits per heavy atom. The summed E-state index contributed by atoms with van der Waals surface area (Å²) < 4.78 is 159. The van der Waals surface area contributed by atoms with Gasteiger partial charge in [0.05, 0.1) is 16.4 Å². The number of benzene rings is 2. The quantitative estimate of drug-likeness (QED) is 0.279. The van der Waals surface area contributed by atoms with E-state index in [4.69, 9.17) is 0 Å². The molecule has 2 heterocycles. The number of nitrogens with one attached hydrogen (secondary N) is 1. The Bertz CT molecular complexity index is 1660. The number of hydrogen-bond acceptors (Lipinski definition) is 6. The molecule has 2 aliphatic rings. The zero-order valence-corrected chi connectivity index (χ0v) is 24.9. The van der Waals surface area contributed by atoms with Crippen molar-refractivity contribution < 1.29 is 61.5 Å². The maximum atomic E-state index is 14.7. The topological polar surface area (TPSA) is 118 Å². The number of carbonyl (C=O) groups excluding carboxylic acids is 2. The van der Waals surface area contributed by atoms with Crippen molar-refractivity contribution in [2.24, 2.45) is 5.41 Å². The van der Waals surface area contributed by atoms with Gasteiger partial charge in [0.2, 0.25) is 11.8 Å². The molecule has 2 saturated heterocycles. The van der Waals surface area contributed by atoms with E-state index in [1.54, 1.807) is 0 Å². The number of sulfone groups is 2. The molecule has 2 aromatic rings. The van der Waals surface area contributed by atoms with Crippen molar-refractivity contribution in [3.8, 4) is 0 Å². The smallest absolute Gasteiger partial charge is 0.358 e. The Morgan fingerprint density at radius 2 is 1.36 bits per heavy atom. The highest BCUT2D eigenvalue weighted by atomic mass is 32.2. The molecule has 0 saturated carbocycles. The highest BCUT2D eigenvalue weighted by molar-refractivity contribution is 7.92. The van der Waals surface area contributed by atoms with Gasteiger partial charge in [-0.15, -0.1) is 0 Å². The minimum atomic E-state index is -6.43. The molecule has 0 spiro atoms. The molecule has 1 unspecified atom stereocenters. The van der Waals surface area contributed by atoms with Crippen LogP contribution in [-0.4, -0.2) is 77.5 Å². The van der Waals surface area contributed by atoms with Crippen molar-refractivity contribution in [1.82, 2.24) is 10.2 Å². The fourth-order valence-electron chi connectivity index (χ4n) is 5.86. The van der Waals surface area contributed by atoms with Crippen LogP contribution in [0.3, 0.4) is 0 Å². The van der Waals surface area contributed by atoms with Crippen LogP contribution in [0.25, 0.3) is 0 Å². The molecular weight excluding hydrogens is 664 g/mol. The molecule has 0 aromatic heterocycles. The Kier molecular flexibility index (Phi) is 8.61. The molecular formula is C27H26F8N2O6S2. The molecule has 8 nitrogen and oxygen atoms in total. The maximum absolute atomic E-state index is 14.7. The van der Waals surface area contributed by atoms with Crippen LogP contribution in [0.2, 0.25) is 0 Å². The summed E-state index contributed by atoms with van der Waals surface area (Å²) in [6.45, 7) is -1.15. The Labute approximate surface area is 252 Å². The molecule has 2 aliphatic heterocycles. The first-order valence-electron chi connectivity index (χ1n) is 13.2. The van der Waals surface area contributed by atoms with E-state index in [1.807, 2.05) is 0 Å². The molecule has 1 atom stereocenters. The lowest BCUT2D eigenvalue weighted by molar-refractivity contribution is -0.348. The third-order valence-corrected chi connectivity index (χ3v) is 12.6. The van der Waals surface area contributed by atoms with Crippen molar-refractivity contribution in [3.63, 3.8) is 0 Å². The van der Waals surface area contributed by atoms with Gasteiger partial charge in [-0.2, -0.15) is 26.3 Å². The SMILES string of the molecule is CNC(=O)C1(C(=O)N2CCC(c3ccc(C(F)(C(F)(F)F)C(F)(F)F)cc3)(S(=O)(=O)c3ccc(F)cc3)C2)CCS(=O)(=O)CC1.